The molecule has 4 heterocycles. The summed E-state index contributed by atoms with van der Waals surface area (Å²) in [4.78, 5) is 18.8. The molecule has 6 nitrogen and oxygen atoms in total. The standard InChI is InChI=1S/C17H17FN4O2/c1-11-10-12(20-24-11)13-6-2-4-8-21(13)17(23)15-16(18)22-9-5-3-7-14(22)19-15/h3,5,7,9-10,13H,2,4,6,8H2,1H3/t13-/m0/s1. The molecule has 3 aromatic heterocycles. The zero-order valence-corrected chi connectivity index (χ0v) is 13.3. The van der Waals surface area contributed by atoms with E-state index in [1.165, 1.54) is 4.40 Å². The molecule has 0 unspecified atom stereocenters. The van der Waals surface area contributed by atoms with Crippen LogP contribution in [0.3, 0.4) is 0 Å². The van der Waals surface area contributed by atoms with Gasteiger partial charge in [-0.2, -0.15) is 4.39 Å². The second-order valence-electron chi connectivity index (χ2n) is 6.05. The third-order valence-electron chi connectivity index (χ3n) is 4.43. The summed E-state index contributed by atoms with van der Waals surface area (Å²) in [6.07, 6.45) is 4.22. The second kappa shape index (κ2) is 5.74. The van der Waals surface area contributed by atoms with Gasteiger partial charge < -0.3 is 9.42 Å². The van der Waals surface area contributed by atoms with Crippen LogP contribution in [0.25, 0.3) is 5.65 Å². The van der Waals surface area contributed by atoms with Crippen molar-refractivity contribution in [2.24, 2.45) is 0 Å². The van der Waals surface area contributed by atoms with E-state index in [1.807, 2.05) is 13.0 Å². The maximum absolute atomic E-state index is 14.6. The summed E-state index contributed by atoms with van der Waals surface area (Å²) in [7, 11) is 0. The predicted molar refractivity (Wildman–Crippen MR) is 84.0 cm³/mol. The normalized spacial score (nSPS) is 18.2. The Balaban J connectivity index is 1.71. The van der Waals surface area contributed by atoms with E-state index in [2.05, 4.69) is 10.1 Å². The Bertz CT molecular complexity index is 901. The number of piperidine rings is 1. The number of amides is 1. The number of aromatic nitrogens is 3. The van der Waals surface area contributed by atoms with Gasteiger partial charge in [0.05, 0.1) is 6.04 Å². The maximum atomic E-state index is 14.6. The van der Waals surface area contributed by atoms with Gasteiger partial charge in [-0.15, -0.1) is 0 Å². The second-order valence-corrected chi connectivity index (χ2v) is 6.05. The molecule has 1 fully saturated rings. The van der Waals surface area contributed by atoms with E-state index in [1.54, 1.807) is 29.3 Å². The molecule has 0 radical (unpaired) electrons. The number of pyridine rings is 1. The fraction of sp³-hybridized carbons (Fsp3) is 0.353. The summed E-state index contributed by atoms with van der Waals surface area (Å²) in [6.45, 7) is 2.37. The maximum Gasteiger partial charge on any atom is 0.277 e. The molecule has 7 heteroatoms. The molecule has 1 aliphatic rings. The van der Waals surface area contributed by atoms with Crippen LogP contribution in [0.15, 0.2) is 35.0 Å². The van der Waals surface area contributed by atoms with Crippen LogP contribution in [0.5, 0.6) is 0 Å². The molecular formula is C17H17FN4O2. The van der Waals surface area contributed by atoms with Crippen molar-refractivity contribution in [3.05, 3.63) is 53.6 Å². The Kier molecular flexibility index (Phi) is 3.55. The number of hydrogen-bond acceptors (Lipinski definition) is 4. The van der Waals surface area contributed by atoms with Crippen LogP contribution < -0.4 is 0 Å². The molecule has 0 aromatic carbocycles. The van der Waals surface area contributed by atoms with Gasteiger partial charge in [0.2, 0.25) is 5.95 Å². The van der Waals surface area contributed by atoms with Crippen molar-refractivity contribution < 1.29 is 13.7 Å². The molecule has 1 aliphatic heterocycles. The summed E-state index contributed by atoms with van der Waals surface area (Å²) in [6, 6.07) is 6.77. The Morgan fingerprint density at radius 3 is 3.00 bits per heavy atom. The number of hydrogen-bond donors (Lipinski definition) is 0. The van der Waals surface area contributed by atoms with E-state index >= 15 is 0 Å². The molecule has 0 aliphatic carbocycles. The average molecular weight is 328 g/mol. The Labute approximate surface area is 137 Å². The first-order valence-electron chi connectivity index (χ1n) is 8.02. The number of carbonyl (C=O) groups excluding carboxylic acids is 1. The number of carbonyl (C=O) groups is 1. The topological polar surface area (TPSA) is 63.6 Å². The SMILES string of the molecule is Cc1cc([C@@H]2CCCCN2C(=O)c2nc3ccccn3c2F)no1. The zero-order chi connectivity index (χ0) is 16.7. The highest BCUT2D eigenvalue weighted by Crippen LogP contribution is 2.32. The van der Waals surface area contributed by atoms with Crippen LogP contribution in [0, 0.1) is 12.9 Å². The minimum atomic E-state index is -0.628. The van der Waals surface area contributed by atoms with Gasteiger partial charge in [0.25, 0.3) is 5.91 Å². The lowest BCUT2D eigenvalue weighted by molar-refractivity contribution is 0.0591. The van der Waals surface area contributed by atoms with Crippen LogP contribution in [0.2, 0.25) is 0 Å². The third kappa shape index (κ3) is 2.36. The van der Waals surface area contributed by atoms with Crippen LogP contribution in [0.4, 0.5) is 4.39 Å². The monoisotopic (exact) mass is 328 g/mol. The largest absolute Gasteiger partial charge is 0.361 e. The lowest BCUT2D eigenvalue weighted by atomic mass is 9.98. The molecule has 1 amide bonds. The van der Waals surface area contributed by atoms with Gasteiger partial charge in [-0.3, -0.25) is 9.20 Å². The van der Waals surface area contributed by atoms with E-state index in [4.69, 9.17) is 4.52 Å². The summed E-state index contributed by atoms with van der Waals surface area (Å²) in [5.74, 6) is -0.334. The molecule has 1 saturated heterocycles. The highest BCUT2D eigenvalue weighted by molar-refractivity contribution is 5.93. The van der Waals surface area contributed by atoms with Gasteiger partial charge >= 0.3 is 0 Å². The zero-order valence-electron chi connectivity index (χ0n) is 13.3. The van der Waals surface area contributed by atoms with E-state index < -0.39 is 11.9 Å². The lowest BCUT2D eigenvalue weighted by Crippen LogP contribution is -2.39. The van der Waals surface area contributed by atoms with Crippen LogP contribution >= 0.6 is 0 Å². The van der Waals surface area contributed by atoms with Crippen molar-refractivity contribution in [2.45, 2.75) is 32.2 Å². The molecular weight excluding hydrogens is 311 g/mol. The van der Waals surface area contributed by atoms with Gasteiger partial charge in [-0.1, -0.05) is 11.2 Å². The highest BCUT2D eigenvalue weighted by Gasteiger charge is 2.33. The fourth-order valence-electron chi connectivity index (χ4n) is 3.26. The summed E-state index contributed by atoms with van der Waals surface area (Å²) < 4.78 is 21.0. The Morgan fingerprint density at radius 2 is 2.25 bits per heavy atom. The van der Waals surface area contributed by atoms with Gasteiger partial charge in [-0.25, -0.2) is 4.98 Å². The average Bonchev–Trinajstić information content (AvgIpc) is 3.18. The van der Waals surface area contributed by atoms with Gasteiger partial charge in [0.15, 0.2) is 5.69 Å². The third-order valence-corrected chi connectivity index (χ3v) is 4.43. The van der Waals surface area contributed by atoms with Crippen molar-refractivity contribution in [3.8, 4) is 0 Å². The summed E-state index contributed by atoms with van der Waals surface area (Å²) >= 11 is 0. The quantitative estimate of drug-likeness (QED) is 0.725. The first kappa shape index (κ1) is 14.9. The molecule has 0 bridgehead atoms. The van der Waals surface area contributed by atoms with Crippen molar-refractivity contribution in [1.29, 1.82) is 0 Å². The molecule has 124 valence electrons. The van der Waals surface area contributed by atoms with E-state index in [0.717, 1.165) is 19.3 Å². The summed E-state index contributed by atoms with van der Waals surface area (Å²) in [5, 5.41) is 4.04. The summed E-state index contributed by atoms with van der Waals surface area (Å²) in [5.41, 5.74) is 0.988. The number of aryl methyl sites for hydroxylation is 1. The van der Waals surface area contributed by atoms with Crippen molar-refractivity contribution in [1.82, 2.24) is 19.4 Å². The van der Waals surface area contributed by atoms with Gasteiger partial charge in [0, 0.05) is 18.8 Å². The number of halogens is 1. The number of imidazole rings is 1. The van der Waals surface area contributed by atoms with Crippen molar-refractivity contribution in [3.63, 3.8) is 0 Å². The Hall–Kier alpha value is -2.70. The molecule has 0 N–H and O–H groups in total. The number of fused-ring (bicyclic) bond motifs is 1. The molecule has 1 atom stereocenters. The number of likely N-dealkylation sites (tertiary alicyclic amines) is 1. The van der Waals surface area contributed by atoms with E-state index in [9.17, 15) is 9.18 Å². The van der Waals surface area contributed by atoms with Crippen LogP contribution in [0.1, 0.15) is 47.2 Å². The van der Waals surface area contributed by atoms with Gasteiger partial charge in [0.1, 0.15) is 17.1 Å². The number of nitrogens with zero attached hydrogens (tertiary/aromatic N) is 4. The highest BCUT2D eigenvalue weighted by atomic mass is 19.1. The van der Waals surface area contributed by atoms with Crippen molar-refractivity contribution in [2.75, 3.05) is 6.54 Å². The first-order chi connectivity index (χ1) is 11.6. The Morgan fingerprint density at radius 1 is 1.38 bits per heavy atom. The predicted octanol–water partition coefficient (Wildman–Crippen LogP) is 3.14. The minimum Gasteiger partial charge on any atom is -0.361 e. The van der Waals surface area contributed by atoms with Crippen LogP contribution in [-0.4, -0.2) is 31.9 Å². The molecule has 3 aromatic rings. The smallest absolute Gasteiger partial charge is 0.277 e. The molecule has 4 rings (SSSR count). The fourth-order valence-corrected chi connectivity index (χ4v) is 3.26. The van der Waals surface area contributed by atoms with Gasteiger partial charge in [-0.05, 0) is 38.3 Å². The molecule has 0 saturated carbocycles. The minimum absolute atomic E-state index is 0.145. The first-order valence-corrected chi connectivity index (χ1v) is 8.02. The molecule has 24 heavy (non-hydrogen) atoms. The van der Waals surface area contributed by atoms with E-state index in [-0.39, 0.29) is 11.7 Å². The van der Waals surface area contributed by atoms with Crippen molar-refractivity contribution >= 4 is 11.6 Å². The lowest BCUT2D eigenvalue weighted by Gasteiger charge is -2.34. The van der Waals surface area contributed by atoms with E-state index in [0.29, 0.717) is 23.6 Å². The number of rotatable bonds is 2. The molecule has 0 spiro atoms. The van der Waals surface area contributed by atoms with Crippen LogP contribution in [-0.2, 0) is 0 Å².